The number of hydrogen-bond acceptors (Lipinski definition) is 3. The molecular formula is C13H20N2O. The highest BCUT2D eigenvalue weighted by atomic mass is 16.3. The van der Waals surface area contributed by atoms with Crippen LogP contribution in [0, 0.1) is 13.8 Å². The van der Waals surface area contributed by atoms with Crippen molar-refractivity contribution >= 4 is 5.69 Å². The number of hydrogen-bond donors (Lipinski definition) is 3. The van der Waals surface area contributed by atoms with Crippen LogP contribution >= 0.6 is 0 Å². The molecule has 0 saturated carbocycles. The maximum absolute atomic E-state index is 9.86. The summed E-state index contributed by atoms with van der Waals surface area (Å²) in [5.41, 5.74) is 2.94. The summed E-state index contributed by atoms with van der Waals surface area (Å²) in [6, 6.07) is 4.49. The molecule has 16 heavy (non-hydrogen) atoms. The largest absolute Gasteiger partial charge is 0.507 e. The fourth-order valence-corrected chi connectivity index (χ4v) is 2.19. The van der Waals surface area contributed by atoms with Crippen LogP contribution in [0.4, 0.5) is 5.69 Å². The van der Waals surface area contributed by atoms with Gasteiger partial charge in [-0.2, -0.15) is 0 Å². The Morgan fingerprint density at radius 3 is 2.88 bits per heavy atom. The minimum atomic E-state index is 0.411. The van der Waals surface area contributed by atoms with Crippen molar-refractivity contribution in [3.05, 3.63) is 23.3 Å². The summed E-state index contributed by atoms with van der Waals surface area (Å²) in [6.07, 6.45) is 2.41. The first-order valence-corrected chi connectivity index (χ1v) is 5.95. The minimum Gasteiger partial charge on any atom is -0.507 e. The van der Waals surface area contributed by atoms with E-state index in [1.54, 1.807) is 0 Å². The van der Waals surface area contributed by atoms with E-state index in [0.717, 1.165) is 29.9 Å². The van der Waals surface area contributed by atoms with Gasteiger partial charge in [-0.1, -0.05) is 6.07 Å². The molecule has 1 aromatic rings. The molecule has 0 radical (unpaired) electrons. The van der Waals surface area contributed by atoms with Crippen molar-refractivity contribution in [3.63, 3.8) is 0 Å². The zero-order chi connectivity index (χ0) is 11.5. The van der Waals surface area contributed by atoms with Crippen LogP contribution in [0.15, 0.2) is 12.1 Å². The average molecular weight is 220 g/mol. The second-order valence-electron chi connectivity index (χ2n) is 4.59. The normalized spacial score (nSPS) is 20.8. The molecule has 1 atom stereocenters. The third kappa shape index (κ3) is 2.30. The molecule has 3 nitrogen and oxygen atoms in total. The van der Waals surface area contributed by atoms with Crippen molar-refractivity contribution in [3.8, 4) is 5.75 Å². The lowest BCUT2D eigenvalue weighted by molar-refractivity contribution is 0.465. The third-order valence-electron chi connectivity index (χ3n) is 3.29. The second kappa shape index (κ2) is 4.74. The summed E-state index contributed by atoms with van der Waals surface area (Å²) in [6.45, 7) is 6.01. The standard InChI is InChI=1S/C13H20N2O/c1-9-5-6-12(10(2)13(9)16)15-11-4-3-7-14-8-11/h5-6,11,14-16H,3-4,7-8H2,1-2H3. The first kappa shape index (κ1) is 11.3. The Labute approximate surface area is 96.9 Å². The van der Waals surface area contributed by atoms with Gasteiger partial charge in [0.25, 0.3) is 0 Å². The van der Waals surface area contributed by atoms with Gasteiger partial charge in [-0.25, -0.2) is 0 Å². The Bertz CT molecular complexity index is 370. The van der Waals surface area contributed by atoms with E-state index in [1.807, 2.05) is 19.9 Å². The molecule has 0 bridgehead atoms. The molecule has 3 N–H and O–H groups in total. The predicted octanol–water partition coefficient (Wildman–Crippen LogP) is 2.17. The van der Waals surface area contributed by atoms with E-state index in [-0.39, 0.29) is 0 Å². The highest BCUT2D eigenvalue weighted by Gasteiger charge is 2.14. The zero-order valence-electron chi connectivity index (χ0n) is 10.0. The SMILES string of the molecule is Cc1ccc(NC2CCCNC2)c(C)c1O. The van der Waals surface area contributed by atoms with Gasteiger partial charge in [0.2, 0.25) is 0 Å². The van der Waals surface area contributed by atoms with Crippen molar-refractivity contribution in [1.82, 2.24) is 5.32 Å². The average Bonchev–Trinajstić information content (AvgIpc) is 2.31. The molecule has 1 aromatic carbocycles. The van der Waals surface area contributed by atoms with Crippen molar-refractivity contribution < 1.29 is 5.11 Å². The van der Waals surface area contributed by atoms with E-state index in [0.29, 0.717) is 11.8 Å². The number of phenolic OH excluding ortho intramolecular Hbond substituents is 1. The lowest BCUT2D eigenvalue weighted by Crippen LogP contribution is -2.38. The molecule has 1 heterocycles. The highest BCUT2D eigenvalue weighted by molar-refractivity contribution is 5.59. The van der Waals surface area contributed by atoms with Gasteiger partial charge in [-0.15, -0.1) is 0 Å². The molecule has 1 aliphatic rings. The van der Waals surface area contributed by atoms with Gasteiger partial charge in [-0.3, -0.25) is 0 Å². The fourth-order valence-electron chi connectivity index (χ4n) is 2.19. The third-order valence-corrected chi connectivity index (χ3v) is 3.29. The summed E-state index contributed by atoms with van der Waals surface area (Å²) < 4.78 is 0. The van der Waals surface area contributed by atoms with Gasteiger partial charge >= 0.3 is 0 Å². The van der Waals surface area contributed by atoms with Gasteiger partial charge in [-0.05, 0) is 44.9 Å². The smallest absolute Gasteiger partial charge is 0.123 e. The van der Waals surface area contributed by atoms with Gasteiger partial charge < -0.3 is 15.7 Å². The molecule has 1 unspecified atom stereocenters. The van der Waals surface area contributed by atoms with E-state index < -0.39 is 0 Å². The van der Waals surface area contributed by atoms with Crippen LogP contribution in [0.2, 0.25) is 0 Å². The molecule has 1 fully saturated rings. The van der Waals surface area contributed by atoms with E-state index in [2.05, 4.69) is 16.7 Å². The van der Waals surface area contributed by atoms with E-state index >= 15 is 0 Å². The lowest BCUT2D eigenvalue weighted by atomic mass is 10.0. The van der Waals surface area contributed by atoms with Crippen LogP contribution in [0.3, 0.4) is 0 Å². The Balaban J connectivity index is 2.11. The number of aromatic hydroxyl groups is 1. The monoisotopic (exact) mass is 220 g/mol. The molecule has 88 valence electrons. The van der Waals surface area contributed by atoms with E-state index in [4.69, 9.17) is 0 Å². The second-order valence-corrected chi connectivity index (χ2v) is 4.59. The van der Waals surface area contributed by atoms with E-state index in [1.165, 1.54) is 12.8 Å². The predicted molar refractivity (Wildman–Crippen MR) is 67.1 cm³/mol. The number of nitrogens with one attached hydrogen (secondary N) is 2. The van der Waals surface area contributed by atoms with Crippen molar-refractivity contribution in [2.24, 2.45) is 0 Å². The van der Waals surface area contributed by atoms with Crippen LogP contribution in [-0.2, 0) is 0 Å². The molecule has 0 aliphatic carbocycles. The molecule has 1 aliphatic heterocycles. The first-order valence-electron chi connectivity index (χ1n) is 5.95. The summed E-state index contributed by atoms with van der Waals surface area (Å²) in [7, 11) is 0. The Morgan fingerprint density at radius 1 is 1.38 bits per heavy atom. The Morgan fingerprint density at radius 2 is 2.19 bits per heavy atom. The summed E-state index contributed by atoms with van der Waals surface area (Å²) in [5.74, 6) is 0.411. The van der Waals surface area contributed by atoms with Gasteiger partial charge in [0.05, 0.1) is 0 Å². The quantitative estimate of drug-likeness (QED) is 0.715. The first-order chi connectivity index (χ1) is 7.68. The summed E-state index contributed by atoms with van der Waals surface area (Å²) in [5, 5.41) is 16.7. The van der Waals surface area contributed by atoms with Crippen molar-refractivity contribution in [2.45, 2.75) is 32.7 Å². The number of rotatable bonds is 2. The maximum Gasteiger partial charge on any atom is 0.123 e. The van der Waals surface area contributed by atoms with E-state index in [9.17, 15) is 5.11 Å². The maximum atomic E-state index is 9.86. The van der Waals surface area contributed by atoms with Gasteiger partial charge in [0, 0.05) is 23.8 Å². The molecule has 0 amide bonds. The van der Waals surface area contributed by atoms with Gasteiger partial charge in [0.1, 0.15) is 5.75 Å². The molecule has 0 aromatic heterocycles. The Hall–Kier alpha value is -1.22. The molecule has 1 saturated heterocycles. The molecule has 3 heteroatoms. The van der Waals surface area contributed by atoms with Crippen LogP contribution in [0.5, 0.6) is 5.75 Å². The number of phenols is 1. The Kier molecular flexibility index (Phi) is 3.34. The molecule has 0 spiro atoms. The van der Waals surface area contributed by atoms with Crippen LogP contribution < -0.4 is 10.6 Å². The summed E-state index contributed by atoms with van der Waals surface area (Å²) in [4.78, 5) is 0. The highest BCUT2D eigenvalue weighted by Crippen LogP contribution is 2.28. The fraction of sp³-hybridized carbons (Fsp3) is 0.538. The van der Waals surface area contributed by atoms with Crippen LogP contribution in [0.25, 0.3) is 0 Å². The minimum absolute atomic E-state index is 0.411. The van der Waals surface area contributed by atoms with Crippen molar-refractivity contribution in [1.29, 1.82) is 0 Å². The zero-order valence-corrected chi connectivity index (χ0v) is 10.0. The lowest BCUT2D eigenvalue weighted by Gasteiger charge is -2.26. The van der Waals surface area contributed by atoms with Crippen molar-refractivity contribution in [2.75, 3.05) is 18.4 Å². The molecular weight excluding hydrogens is 200 g/mol. The number of aryl methyl sites for hydroxylation is 1. The van der Waals surface area contributed by atoms with Crippen LogP contribution in [-0.4, -0.2) is 24.2 Å². The summed E-state index contributed by atoms with van der Waals surface area (Å²) >= 11 is 0. The van der Waals surface area contributed by atoms with Crippen LogP contribution in [0.1, 0.15) is 24.0 Å². The van der Waals surface area contributed by atoms with Gasteiger partial charge in [0.15, 0.2) is 0 Å². The topological polar surface area (TPSA) is 44.3 Å². The molecule has 2 rings (SSSR count). The number of piperidine rings is 1. The number of benzene rings is 1. The number of anilines is 1.